The number of hydrogen-bond donors (Lipinski definition) is 1. The topological polar surface area (TPSA) is 26.0 Å². The SMILES string of the molecule is NC(Cc1ccc(Cl)c(Cl)c1)C1=CCCCC1. The van der Waals surface area contributed by atoms with E-state index in [4.69, 9.17) is 28.9 Å². The fourth-order valence-corrected chi connectivity index (χ4v) is 2.57. The summed E-state index contributed by atoms with van der Waals surface area (Å²) < 4.78 is 0. The summed E-state index contributed by atoms with van der Waals surface area (Å²) in [6.45, 7) is 0. The molecule has 0 radical (unpaired) electrons. The lowest BCUT2D eigenvalue weighted by atomic mass is 9.91. The molecule has 1 aromatic rings. The number of allylic oxidation sites excluding steroid dienone is 1. The van der Waals surface area contributed by atoms with Crippen LogP contribution in [0.2, 0.25) is 10.0 Å². The van der Waals surface area contributed by atoms with Crippen molar-refractivity contribution < 1.29 is 0 Å². The molecule has 1 nitrogen and oxygen atoms in total. The molecule has 0 aliphatic heterocycles. The average molecular weight is 270 g/mol. The minimum atomic E-state index is 0.118. The molecule has 0 spiro atoms. The molecule has 0 amide bonds. The second kappa shape index (κ2) is 5.90. The standard InChI is InChI=1S/C14H17Cl2N/c15-12-7-6-10(8-13(12)16)9-14(17)11-4-2-1-3-5-11/h4,6-8,14H,1-3,5,9,17H2. The lowest BCUT2D eigenvalue weighted by Gasteiger charge is -2.19. The Labute approximate surface area is 113 Å². The molecule has 3 heteroatoms. The summed E-state index contributed by atoms with van der Waals surface area (Å²) in [6.07, 6.45) is 8.01. The van der Waals surface area contributed by atoms with Gasteiger partial charge in [-0.2, -0.15) is 0 Å². The zero-order valence-electron chi connectivity index (χ0n) is 9.76. The van der Waals surface area contributed by atoms with Gasteiger partial charge in [0.2, 0.25) is 0 Å². The number of nitrogens with two attached hydrogens (primary N) is 1. The van der Waals surface area contributed by atoms with Crippen LogP contribution in [0.25, 0.3) is 0 Å². The molecule has 17 heavy (non-hydrogen) atoms. The summed E-state index contributed by atoms with van der Waals surface area (Å²) in [7, 11) is 0. The van der Waals surface area contributed by atoms with Crippen molar-refractivity contribution in [2.45, 2.75) is 38.1 Å². The maximum Gasteiger partial charge on any atom is 0.0595 e. The van der Waals surface area contributed by atoms with E-state index in [1.165, 1.54) is 24.8 Å². The van der Waals surface area contributed by atoms with Gasteiger partial charge in [0.15, 0.2) is 0 Å². The molecule has 1 aromatic carbocycles. The zero-order chi connectivity index (χ0) is 12.3. The Morgan fingerprint density at radius 3 is 2.65 bits per heavy atom. The lowest BCUT2D eigenvalue weighted by Crippen LogP contribution is -2.26. The molecule has 1 unspecified atom stereocenters. The van der Waals surface area contributed by atoms with Gasteiger partial charge < -0.3 is 5.73 Å². The molecule has 0 saturated heterocycles. The molecular weight excluding hydrogens is 253 g/mol. The Balaban J connectivity index is 2.04. The van der Waals surface area contributed by atoms with E-state index in [0.29, 0.717) is 10.0 Å². The summed E-state index contributed by atoms with van der Waals surface area (Å²) in [4.78, 5) is 0. The van der Waals surface area contributed by atoms with E-state index < -0.39 is 0 Å². The Morgan fingerprint density at radius 1 is 1.18 bits per heavy atom. The van der Waals surface area contributed by atoms with Crippen LogP contribution in [0, 0.1) is 0 Å². The van der Waals surface area contributed by atoms with Gasteiger partial charge in [0.1, 0.15) is 0 Å². The first kappa shape index (κ1) is 12.9. The average Bonchev–Trinajstić information content (AvgIpc) is 2.35. The Hall–Kier alpha value is -0.500. The highest BCUT2D eigenvalue weighted by Crippen LogP contribution is 2.25. The first-order chi connectivity index (χ1) is 8.16. The van der Waals surface area contributed by atoms with Crippen LogP contribution >= 0.6 is 23.2 Å². The number of hydrogen-bond acceptors (Lipinski definition) is 1. The quantitative estimate of drug-likeness (QED) is 0.811. The third-order valence-electron chi connectivity index (χ3n) is 3.24. The van der Waals surface area contributed by atoms with E-state index >= 15 is 0 Å². The van der Waals surface area contributed by atoms with E-state index in [1.807, 2.05) is 18.2 Å². The van der Waals surface area contributed by atoms with Crippen molar-refractivity contribution in [3.8, 4) is 0 Å². The first-order valence-electron chi connectivity index (χ1n) is 6.05. The fraction of sp³-hybridized carbons (Fsp3) is 0.429. The first-order valence-corrected chi connectivity index (χ1v) is 6.81. The second-order valence-corrected chi connectivity index (χ2v) is 5.40. The summed E-state index contributed by atoms with van der Waals surface area (Å²) in [5, 5.41) is 1.20. The van der Waals surface area contributed by atoms with Gasteiger partial charge in [-0.15, -0.1) is 0 Å². The highest BCUT2D eigenvalue weighted by Gasteiger charge is 2.13. The van der Waals surface area contributed by atoms with Gasteiger partial charge in [0.25, 0.3) is 0 Å². The van der Waals surface area contributed by atoms with Crippen molar-refractivity contribution >= 4 is 23.2 Å². The van der Waals surface area contributed by atoms with Crippen molar-refractivity contribution in [2.75, 3.05) is 0 Å². The fourth-order valence-electron chi connectivity index (χ4n) is 2.25. The summed E-state index contributed by atoms with van der Waals surface area (Å²) in [5.74, 6) is 0. The highest BCUT2D eigenvalue weighted by atomic mass is 35.5. The van der Waals surface area contributed by atoms with E-state index in [-0.39, 0.29) is 6.04 Å². The third kappa shape index (κ3) is 3.48. The van der Waals surface area contributed by atoms with E-state index in [2.05, 4.69) is 6.08 Å². The Morgan fingerprint density at radius 2 is 2.00 bits per heavy atom. The van der Waals surface area contributed by atoms with Crippen LogP contribution in [0.5, 0.6) is 0 Å². The van der Waals surface area contributed by atoms with Crippen LogP contribution in [-0.4, -0.2) is 6.04 Å². The predicted octanol–water partition coefficient (Wildman–Crippen LogP) is 4.36. The Bertz CT molecular complexity index is 426. The molecule has 1 aliphatic carbocycles. The van der Waals surface area contributed by atoms with E-state index in [9.17, 15) is 0 Å². The molecule has 2 rings (SSSR count). The van der Waals surface area contributed by atoms with Crippen molar-refractivity contribution in [2.24, 2.45) is 5.73 Å². The zero-order valence-corrected chi connectivity index (χ0v) is 11.3. The normalized spacial score (nSPS) is 17.7. The van der Waals surface area contributed by atoms with E-state index in [0.717, 1.165) is 18.4 Å². The van der Waals surface area contributed by atoms with Gasteiger partial charge in [0, 0.05) is 6.04 Å². The minimum Gasteiger partial charge on any atom is -0.324 e. The van der Waals surface area contributed by atoms with E-state index in [1.54, 1.807) is 0 Å². The molecule has 92 valence electrons. The Kier molecular flexibility index (Phi) is 4.49. The molecule has 0 saturated carbocycles. The molecule has 0 heterocycles. The van der Waals surface area contributed by atoms with Gasteiger partial charge >= 0.3 is 0 Å². The molecular formula is C14H17Cl2N. The largest absolute Gasteiger partial charge is 0.324 e. The van der Waals surface area contributed by atoms with Crippen LogP contribution in [-0.2, 0) is 6.42 Å². The van der Waals surface area contributed by atoms with Crippen molar-refractivity contribution in [1.29, 1.82) is 0 Å². The maximum absolute atomic E-state index is 6.22. The van der Waals surface area contributed by atoms with Crippen LogP contribution in [0.4, 0.5) is 0 Å². The number of rotatable bonds is 3. The maximum atomic E-state index is 6.22. The summed E-state index contributed by atoms with van der Waals surface area (Å²) in [6, 6.07) is 5.86. The smallest absolute Gasteiger partial charge is 0.0595 e. The van der Waals surface area contributed by atoms with Crippen LogP contribution in [0.1, 0.15) is 31.2 Å². The van der Waals surface area contributed by atoms with Gasteiger partial charge in [-0.3, -0.25) is 0 Å². The second-order valence-electron chi connectivity index (χ2n) is 4.58. The van der Waals surface area contributed by atoms with Gasteiger partial charge in [0.05, 0.1) is 10.0 Å². The highest BCUT2D eigenvalue weighted by molar-refractivity contribution is 6.42. The molecule has 0 fully saturated rings. The van der Waals surface area contributed by atoms with Crippen molar-refractivity contribution in [1.82, 2.24) is 0 Å². The molecule has 1 atom stereocenters. The van der Waals surface area contributed by atoms with Crippen LogP contribution < -0.4 is 5.73 Å². The molecule has 2 N–H and O–H groups in total. The molecule has 1 aliphatic rings. The lowest BCUT2D eigenvalue weighted by molar-refractivity contribution is 0.630. The monoisotopic (exact) mass is 269 g/mol. The van der Waals surface area contributed by atoms with Gasteiger partial charge in [-0.1, -0.05) is 40.9 Å². The van der Waals surface area contributed by atoms with Gasteiger partial charge in [-0.25, -0.2) is 0 Å². The van der Waals surface area contributed by atoms with Gasteiger partial charge in [-0.05, 0) is 49.8 Å². The summed E-state index contributed by atoms with van der Waals surface area (Å²) in [5.41, 5.74) is 8.77. The molecule has 0 bridgehead atoms. The van der Waals surface area contributed by atoms with Crippen LogP contribution in [0.15, 0.2) is 29.8 Å². The summed E-state index contributed by atoms with van der Waals surface area (Å²) >= 11 is 11.9. The third-order valence-corrected chi connectivity index (χ3v) is 3.98. The number of halogens is 2. The van der Waals surface area contributed by atoms with Crippen molar-refractivity contribution in [3.05, 3.63) is 45.5 Å². The van der Waals surface area contributed by atoms with Crippen LogP contribution in [0.3, 0.4) is 0 Å². The van der Waals surface area contributed by atoms with Crippen molar-refractivity contribution in [3.63, 3.8) is 0 Å². The minimum absolute atomic E-state index is 0.118. The molecule has 0 aromatic heterocycles. The number of benzene rings is 1. The predicted molar refractivity (Wildman–Crippen MR) is 74.7 cm³/mol.